The molecule has 0 atom stereocenters. The van der Waals surface area contributed by atoms with Crippen molar-refractivity contribution < 1.29 is 0 Å². The summed E-state index contributed by atoms with van der Waals surface area (Å²) in [6.07, 6.45) is 5.48. The van der Waals surface area contributed by atoms with E-state index in [0.717, 1.165) is 55.8 Å². The first kappa shape index (κ1) is 19.0. The molecule has 2 bridgehead atoms. The fourth-order valence-corrected chi connectivity index (χ4v) is 6.12. The molecule has 2 aromatic heterocycles. The molecule has 1 saturated heterocycles. The van der Waals surface area contributed by atoms with E-state index >= 15 is 0 Å². The van der Waals surface area contributed by atoms with Crippen molar-refractivity contribution in [1.29, 1.82) is 0 Å². The van der Waals surface area contributed by atoms with Crippen LogP contribution < -0.4 is 4.90 Å². The molecular weight excluding hydrogens is 384 g/mol. The standard InChI is InChI=1S/C25H30N6/c1-3-30-11-13-31(14-12-30)21-15-19(9-10-26-21)22-27-23(29(2)28-22)25-16-24(17-25,18-25)20-7-5-4-6-8-20/h4-10,15H,3,11-14,16-18H2,1-2H3. The number of likely N-dealkylation sites (N-methyl/N-ethyl adjacent to an activating group) is 1. The minimum absolute atomic E-state index is 0.210. The minimum atomic E-state index is 0.210. The largest absolute Gasteiger partial charge is 0.354 e. The van der Waals surface area contributed by atoms with Crippen LogP contribution in [0.4, 0.5) is 5.82 Å². The van der Waals surface area contributed by atoms with E-state index in [1.54, 1.807) is 0 Å². The van der Waals surface area contributed by atoms with Crippen molar-refractivity contribution >= 4 is 5.82 Å². The maximum Gasteiger partial charge on any atom is 0.181 e. The van der Waals surface area contributed by atoms with Crippen molar-refractivity contribution in [3.05, 3.63) is 60.0 Å². The van der Waals surface area contributed by atoms with Gasteiger partial charge in [0.15, 0.2) is 5.82 Å². The van der Waals surface area contributed by atoms with Gasteiger partial charge in [0, 0.05) is 50.4 Å². The van der Waals surface area contributed by atoms with Crippen molar-refractivity contribution in [1.82, 2.24) is 24.6 Å². The highest BCUT2D eigenvalue weighted by atomic mass is 15.3. The first-order chi connectivity index (χ1) is 15.1. The van der Waals surface area contributed by atoms with E-state index in [4.69, 9.17) is 10.1 Å². The number of hydrogen-bond acceptors (Lipinski definition) is 5. The van der Waals surface area contributed by atoms with Crippen LogP contribution in [-0.4, -0.2) is 57.4 Å². The zero-order chi connectivity index (χ0) is 21.1. The molecule has 4 fully saturated rings. The maximum atomic E-state index is 5.05. The molecule has 3 heterocycles. The molecule has 3 aromatic rings. The summed E-state index contributed by atoms with van der Waals surface area (Å²) in [7, 11) is 2.05. The topological polar surface area (TPSA) is 50.1 Å². The monoisotopic (exact) mass is 414 g/mol. The number of hydrogen-bond donors (Lipinski definition) is 0. The van der Waals surface area contributed by atoms with Gasteiger partial charge in [0.1, 0.15) is 11.6 Å². The van der Waals surface area contributed by atoms with Crippen LogP contribution >= 0.6 is 0 Å². The molecule has 6 nitrogen and oxygen atoms in total. The predicted octanol–water partition coefficient (Wildman–Crippen LogP) is 3.39. The molecular formula is C25H30N6. The highest BCUT2D eigenvalue weighted by Gasteiger charge is 2.70. The number of aromatic nitrogens is 4. The fraction of sp³-hybridized carbons (Fsp3) is 0.480. The van der Waals surface area contributed by atoms with Crippen LogP contribution in [0.15, 0.2) is 48.7 Å². The molecule has 31 heavy (non-hydrogen) atoms. The molecule has 4 aliphatic rings. The number of rotatable bonds is 5. The molecule has 0 spiro atoms. The predicted molar refractivity (Wildman–Crippen MR) is 122 cm³/mol. The first-order valence-corrected chi connectivity index (χ1v) is 11.5. The lowest BCUT2D eigenvalue weighted by atomic mass is 9.33. The number of anilines is 1. The van der Waals surface area contributed by atoms with Crippen LogP contribution in [0.3, 0.4) is 0 Å². The second-order valence-electron chi connectivity index (χ2n) is 9.66. The fourth-order valence-electron chi connectivity index (χ4n) is 6.12. The van der Waals surface area contributed by atoms with Gasteiger partial charge in [-0.3, -0.25) is 4.68 Å². The van der Waals surface area contributed by atoms with E-state index in [0.29, 0.717) is 5.41 Å². The molecule has 3 saturated carbocycles. The van der Waals surface area contributed by atoms with Gasteiger partial charge >= 0.3 is 0 Å². The van der Waals surface area contributed by atoms with E-state index in [-0.39, 0.29) is 5.41 Å². The highest BCUT2D eigenvalue weighted by Crippen LogP contribution is 2.73. The Hall–Kier alpha value is -2.73. The van der Waals surface area contributed by atoms with Crippen molar-refractivity contribution in [2.75, 3.05) is 37.6 Å². The number of piperazine rings is 1. The van der Waals surface area contributed by atoms with Gasteiger partial charge in [-0.25, -0.2) is 9.97 Å². The average Bonchev–Trinajstić information content (AvgIpc) is 3.14. The van der Waals surface area contributed by atoms with Gasteiger partial charge < -0.3 is 9.80 Å². The molecule has 0 unspecified atom stereocenters. The van der Waals surface area contributed by atoms with Crippen molar-refractivity contribution in [3.8, 4) is 11.4 Å². The third kappa shape index (κ3) is 2.92. The summed E-state index contributed by atoms with van der Waals surface area (Å²) in [5.74, 6) is 3.01. The Balaban J connectivity index is 1.21. The Morgan fingerprint density at radius 3 is 2.39 bits per heavy atom. The third-order valence-corrected chi connectivity index (χ3v) is 7.80. The smallest absolute Gasteiger partial charge is 0.181 e. The molecule has 160 valence electrons. The van der Waals surface area contributed by atoms with Crippen molar-refractivity contribution in [2.24, 2.45) is 7.05 Å². The van der Waals surface area contributed by atoms with E-state index in [9.17, 15) is 0 Å². The number of nitrogens with zero attached hydrogens (tertiary/aromatic N) is 6. The summed E-state index contributed by atoms with van der Waals surface area (Å²) < 4.78 is 2.02. The van der Waals surface area contributed by atoms with Gasteiger partial charge in [0.2, 0.25) is 0 Å². The Morgan fingerprint density at radius 2 is 1.68 bits per heavy atom. The van der Waals surface area contributed by atoms with Gasteiger partial charge in [0.25, 0.3) is 0 Å². The maximum absolute atomic E-state index is 5.05. The second-order valence-corrected chi connectivity index (χ2v) is 9.66. The molecule has 6 heteroatoms. The van der Waals surface area contributed by atoms with Crippen LogP contribution in [0, 0.1) is 0 Å². The van der Waals surface area contributed by atoms with E-state index < -0.39 is 0 Å². The Labute approximate surface area is 183 Å². The van der Waals surface area contributed by atoms with Crippen LogP contribution in [0.5, 0.6) is 0 Å². The lowest BCUT2D eigenvalue weighted by Crippen LogP contribution is -2.68. The molecule has 1 aliphatic heterocycles. The zero-order valence-corrected chi connectivity index (χ0v) is 18.5. The zero-order valence-electron chi connectivity index (χ0n) is 18.5. The normalized spacial score (nSPS) is 27.6. The number of pyridine rings is 1. The van der Waals surface area contributed by atoms with Gasteiger partial charge in [-0.1, -0.05) is 37.3 Å². The van der Waals surface area contributed by atoms with Gasteiger partial charge in [-0.2, -0.15) is 5.10 Å². The third-order valence-electron chi connectivity index (χ3n) is 7.80. The van der Waals surface area contributed by atoms with Gasteiger partial charge in [-0.05, 0) is 48.9 Å². The highest BCUT2D eigenvalue weighted by molar-refractivity contribution is 5.60. The van der Waals surface area contributed by atoms with Crippen molar-refractivity contribution in [2.45, 2.75) is 37.0 Å². The molecule has 0 amide bonds. The van der Waals surface area contributed by atoms with Crippen molar-refractivity contribution in [3.63, 3.8) is 0 Å². The average molecular weight is 415 g/mol. The summed E-state index contributed by atoms with van der Waals surface area (Å²) in [6.45, 7) is 7.59. The number of benzene rings is 1. The molecule has 7 rings (SSSR count). The summed E-state index contributed by atoms with van der Waals surface area (Å²) in [6, 6.07) is 15.2. The minimum Gasteiger partial charge on any atom is -0.354 e. The molecule has 1 aromatic carbocycles. The van der Waals surface area contributed by atoms with E-state index in [1.165, 1.54) is 24.8 Å². The summed E-state index contributed by atoms with van der Waals surface area (Å²) in [5, 5.41) is 4.81. The molecule has 0 N–H and O–H groups in total. The molecule has 0 radical (unpaired) electrons. The number of aryl methyl sites for hydroxylation is 1. The quantitative estimate of drug-likeness (QED) is 0.641. The first-order valence-electron chi connectivity index (χ1n) is 11.5. The van der Waals surface area contributed by atoms with Gasteiger partial charge in [0.05, 0.1) is 0 Å². The van der Waals surface area contributed by atoms with Crippen LogP contribution in [-0.2, 0) is 17.9 Å². The summed E-state index contributed by atoms with van der Waals surface area (Å²) in [4.78, 5) is 14.6. The van der Waals surface area contributed by atoms with Gasteiger partial charge in [-0.15, -0.1) is 0 Å². The summed E-state index contributed by atoms with van der Waals surface area (Å²) in [5.41, 5.74) is 3.13. The van der Waals surface area contributed by atoms with Crippen LogP contribution in [0.1, 0.15) is 37.6 Å². The molecule has 3 aliphatic carbocycles. The SMILES string of the molecule is CCN1CCN(c2cc(-c3nc(C45CC(c6ccccc6)(C4)C5)n(C)n3)ccn2)CC1. The lowest BCUT2D eigenvalue weighted by Gasteiger charge is -2.70. The second kappa shape index (κ2) is 6.89. The lowest BCUT2D eigenvalue weighted by molar-refractivity contribution is -0.0776. The van der Waals surface area contributed by atoms with Crippen LogP contribution in [0.25, 0.3) is 11.4 Å². The van der Waals surface area contributed by atoms with E-state index in [2.05, 4.69) is 58.1 Å². The van der Waals surface area contributed by atoms with Crippen LogP contribution in [0.2, 0.25) is 0 Å². The summed E-state index contributed by atoms with van der Waals surface area (Å²) >= 11 is 0. The Kier molecular flexibility index (Phi) is 4.22. The Bertz CT molecular complexity index is 1080. The Morgan fingerprint density at radius 1 is 0.935 bits per heavy atom. The van der Waals surface area contributed by atoms with E-state index in [1.807, 2.05) is 24.0 Å².